The maximum atomic E-state index is 12.1. The first kappa shape index (κ1) is 21.4. The van der Waals surface area contributed by atoms with E-state index in [0.29, 0.717) is 0 Å². The lowest BCUT2D eigenvalue weighted by atomic mass is 9.84. The molecule has 0 bridgehead atoms. The van der Waals surface area contributed by atoms with E-state index in [0.717, 1.165) is 21.3 Å². The van der Waals surface area contributed by atoms with Crippen molar-refractivity contribution in [1.29, 1.82) is 0 Å². The lowest BCUT2D eigenvalue weighted by molar-refractivity contribution is -0.138. The largest absolute Gasteiger partial charge is 0.458 e. The molecule has 0 saturated carbocycles. The average Bonchev–Trinajstić information content (AvgIpc) is 2.60. The van der Waals surface area contributed by atoms with E-state index in [-0.39, 0.29) is 17.6 Å². The number of hydrogen-bond donors (Lipinski definition) is 0. The summed E-state index contributed by atoms with van der Waals surface area (Å²) in [5.41, 5.74) is 3.78. The molecular formula is C22H28N2O4. The van der Waals surface area contributed by atoms with E-state index in [2.05, 4.69) is 32.9 Å². The summed E-state index contributed by atoms with van der Waals surface area (Å²) in [5.74, 6) is -0.547. The van der Waals surface area contributed by atoms with E-state index >= 15 is 0 Å². The van der Waals surface area contributed by atoms with E-state index in [9.17, 15) is 14.4 Å². The highest BCUT2D eigenvalue weighted by Crippen LogP contribution is 2.27. The zero-order valence-electron chi connectivity index (χ0n) is 17.6. The molecule has 150 valence electrons. The van der Waals surface area contributed by atoms with Crippen molar-refractivity contribution < 1.29 is 9.53 Å². The second-order valence-corrected chi connectivity index (χ2v) is 8.12. The van der Waals surface area contributed by atoms with Crippen LogP contribution in [0.1, 0.15) is 48.6 Å². The molecule has 0 radical (unpaired) electrons. The Morgan fingerprint density at radius 2 is 1.68 bits per heavy atom. The van der Waals surface area contributed by atoms with Crippen LogP contribution in [-0.4, -0.2) is 15.1 Å². The van der Waals surface area contributed by atoms with Crippen LogP contribution in [0.2, 0.25) is 0 Å². The van der Waals surface area contributed by atoms with Crippen molar-refractivity contribution >= 4 is 12.0 Å². The van der Waals surface area contributed by atoms with Gasteiger partial charge in [-0.25, -0.2) is 9.59 Å². The Morgan fingerprint density at radius 3 is 2.21 bits per heavy atom. The Kier molecular flexibility index (Phi) is 6.12. The molecule has 0 amide bonds. The first-order valence-electron chi connectivity index (χ1n) is 9.14. The smallest absolute Gasteiger partial charge is 0.331 e. The highest BCUT2D eigenvalue weighted by atomic mass is 16.5. The van der Waals surface area contributed by atoms with Crippen LogP contribution in [0.15, 0.2) is 34.0 Å². The summed E-state index contributed by atoms with van der Waals surface area (Å²) in [4.78, 5) is 35.9. The van der Waals surface area contributed by atoms with E-state index in [1.807, 2.05) is 13.8 Å². The van der Waals surface area contributed by atoms with Gasteiger partial charge < -0.3 is 9.30 Å². The second-order valence-electron chi connectivity index (χ2n) is 8.12. The number of hydrogen-bond acceptors (Lipinski definition) is 4. The van der Waals surface area contributed by atoms with Crippen molar-refractivity contribution in [2.45, 2.75) is 46.6 Å². The lowest BCUT2D eigenvalue weighted by Gasteiger charge is -2.22. The zero-order valence-corrected chi connectivity index (χ0v) is 17.6. The number of carbonyl (C=O) groups excluding carboxylic acids is 1. The van der Waals surface area contributed by atoms with E-state index in [1.54, 1.807) is 7.05 Å². The molecule has 0 N–H and O–H groups in total. The predicted octanol–water partition coefficient (Wildman–Crippen LogP) is 2.75. The maximum Gasteiger partial charge on any atom is 0.331 e. The van der Waals surface area contributed by atoms with Crippen LogP contribution in [0.25, 0.3) is 6.08 Å². The van der Waals surface area contributed by atoms with Gasteiger partial charge in [0.1, 0.15) is 6.61 Å². The quantitative estimate of drug-likeness (QED) is 0.600. The summed E-state index contributed by atoms with van der Waals surface area (Å²) < 4.78 is 7.64. The fourth-order valence-electron chi connectivity index (χ4n) is 2.95. The van der Waals surface area contributed by atoms with Crippen LogP contribution in [0.4, 0.5) is 0 Å². The van der Waals surface area contributed by atoms with Crippen LogP contribution in [0.3, 0.4) is 0 Å². The summed E-state index contributed by atoms with van der Waals surface area (Å²) in [6.45, 7) is 10.7. The maximum absolute atomic E-state index is 12.1. The number of ether oxygens (including phenoxy) is 1. The molecule has 0 aliphatic rings. The summed E-state index contributed by atoms with van der Waals surface area (Å²) in [7, 11) is 2.94. The predicted molar refractivity (Wildman–Crippen MR) is 110 cm³/mol. The molecule has 1 heterocycles. The van der Waals surface area contributed by atoms with E-state index < -0.39 is 17.2 Å². The summed E-state index contributed by atoms with van der Waals surface area (Å²) in [6, 6.07) is 4.25. The fourth-order valence-corrected chi connectivity index (χ4v) is 2.95. The van der Waals surface area contributed by atoms with Crippen molar-refractivity contribution in [3.63, 3.8) is 0 Å². The molecule has 2 aromatic rings. The van der Waals surface area contributed by atoms with Crippen LogP contribution in [-0.2, 0) is 35.6 Å². The minimum atomic E-state index is -0.547. The fraction of sp³-hybridized carbons (Fsp3) is 0.409. The van der Waals surface area contributed by atoms with Gasteiger partial charge in [0, 0.05) is 26.4 Å². The summed E-state index contributed by atoms with van der Waals surface area (Å²) in [5, 5.41) is 0. The molecule has 0 aliphatic carbocycles. The molecule has 0 spiro atoms. The monoisotopic (exact) mass is 384 g/mol. The Labute approximate surface area is 165 Å². The van der Waals surface area contributed by atoms with Gasteiger partial charge in [-0.2, -0.15) is 0 Å². The molecule has 6 heteroatoms. The first-order chi connectivity index (χ1) is 12.9. The van der Waals surface area contributed by atoms with Gasteiger partial charge in [0.15, 0.2) is 0 Å². The van der Waals surface area contributed by atoms with Crippen molar-refractivity contribution in [2.75, 3.05) is 0 Å². The molecule has 0 saturated heterocycles. The lowest BCUT2D eigenvalue weighted by Crippen LogP contribution is -2.37. The summed E-state index contributed by atoms with van der Waals surface area (Å²) in [6.07, 6.45) is 3.97. The van der Waals surface area contributed by atoms with E-state index in [1.165, 1.54) is 35.5 Å². The molecule has 0 aliphatic heterocycles. The molecule has 0 fully saturated rings. The van der Waals surface area contributed by atoms with Crippen molar-refractivity contribution in [3.8, 4) is 0 Å². The number of benzene rings is 1. The first-order valence-corrected chi connectivity index (χ1v) is 9.14. The van der Waals surface area contributed by atoms with Crippen LogP contribution < -0.4 is 11.2 Å². The van der Waals surface area contributed by atoms with Gasteiger partial charge in [0.2, 0.25) is 0 Å². The van der Waals surface area contributed by atoms with Gasteiger partial charge in [0.25, 0.3) is 5.56 Å². The van der Waals surface area contributed by atoms with Crippen LogP contribution in [0, 0.1) is 13.8 Å². The van der Waals surface area contributed by atoms with Gasteiger partial charge in [-0.1, -0.05) is 32.9 Å². The molecule has 0 unspecified atom stereocenters. The van der Waals surface area contributed by atoms with Gasteiger partial charge in [-0.15, -0.1) is 0 Å². The van der Waals surface area contributed by atoms with Crippen LogP contribution in [0.5, 0.6) is 0 Å². The minimum absolute atomic E-state index is 0.0510. The van der Waals surface area contributed by atoms with Gasteiger partial charge in [0.05, 0.1) is 5.56 Å². The van der Waals surface area contributed by atoms with E-state index in [4.69, 9.17) is 4.74 Å². The molecule has 1 aromatic heterocycles. The van der Waals surface area contributed by atoms with Gasteiger partial charge in [-0.3, -0.25) is 9.36 Å². The average molecular weight is 384 g/mol. The number of aromatic nitrogens is 2. The van der Waals surface area contributed by atoms with Crippen molar-refractivity contribution in [1.82, 2.24) is 9.13 Å². The standard InChI is InChI=1S/C22H28N2O4/c1-14-10-17(22(3,4)5)11-15(2)18(14)13-28-19(25)9-8-16-12-23(6)21(27)24(7)20(16)26/h8-12H,13H2,1-7H3/b9-8+. The van der Waals surface area contributed by atoms with Gasteiger partial charge in [-0.05, 0) is 47.6 Å². The number of esters is 1. The Bertz CT molecular complexity index is 1030. The minimum Gasteiger partial charge on any atom is -0.458 e. The third kappa shape index (κ3) is 4.68. The number of carbonyl (C=O) groups is 1. The molecule has 0 atom stereocenters. The molecule has 6 nitrogen and oxygen atoms in total. The third-order valence-electron chi connectivity index (χ3n) is 4.79. The highest BCUT2D eigenvalue weighted by molar-refractivity contribution is 5.86. The van der Waals surface area contributed by atoms with Gasteiger partial charge >= 0.3 is 11.7 Å². The Morgan fingerprint density at radius 1 is 1.11 bits per heavy atom. The Hall–Kier alpha value is -2.89. The molecule has 28 heavy (non-hydrogen) atoms. The van der Waals surface area contributed by atoms with Crippen molar-refractivity contribution in [2.24, 2.45) is 14.1 Å². The number of nitrogens with zero attached hydrogens (tertiary/aromatic N) is 2. The molecule has 1 aromatic carbocycles. The summed E-state index contributed by atoms with van der Waals surface area (Å²) >= 11 is 0. The number of aryl methyl sites for hydroxylation is 3. The SMILES string of the molecule is Cc1cc(C(C)(C)C)cc(C)c1COC(=O)/C=C/c1cn(C)c(=O)n(C)c1=O. The second kappa shape index (κ2) is 8.00. The van der Waals surface area contributed by atoms with Crippen LogP contribution >= 0.6 is 0 Å². The normalized spacial score (nSPS) is 11.8. The topological polar surface area (TPSA) is 70.3 Å². The Balaban J connectivity index is 2.15. The number of rotatable bonds is 4. The highest BCUT2D eigenvalue weighted by Gasteiger charge is 2.16. The molecular weight excluding hydrogens is 356 g/mol. The molecule has 2 rings (SSSR count). The zero-order chi connectivity index (χ0) is 21.2. The van der Waals surface area contributed by atoms with Crippen molar-refractivity contribution in [3.05, 3.63) is 73.1 Å². The third-order valence-corrected chi connectivity index (χ3v) is 4.79.